The van der Waals surface area contributed by atoms with Crippen molar-refractivity contribution in [1.82, 2.24) is 9.78 Å². The van der Waals surface area contributed by atoms with E-state index in [1.165, 1.54) is 18.4 Å². The number of alkyl halides is 3. The average molecular weight is 368 g/mol. The van der Waals surface area contributed by atoms with E-state index in [-0.39, 0.29) is 5.69 Å². The van der Waals surface area contributed by atoms with Crippen LogP contribution in [0.3, 0.4) is 0 Å². The Morgan fingerprint density at radius 1 is 1.52 bits per heavy atom. The molecule has 5 nitrogen and oxygen atoms in total. The van der Waals surface area contributed by atoms with Gasteiger partial charge in [-0.2, -0.15) is 23.5 Å². The van der Waals surface area contributed by atoms with Crippen molar-refractivity contribution in [2.75, 3.05) is 5.32 Å². The van der Waals surface area contributed by atoms with Gasteiger partial charge in [0.2, 0.25) is 0 Å². The molecule has 1 aliphatic rings. The Bertz CT molecular complexity index is 875. The zero-order chi connectivity index (χ0) is 18.4. The van der Waals surface area contributed by atoms with Crippen LogP contribution in [0.4, 0.5) is 18.2 Å². The largest absolute Gasteiger partial charge is 0.435 e. The SMILES string of the molecule is C[C@@H]1CCc2c(sc(NC(=O)c3cc(C(F)(F)F)nn3C)c2C#N)C1. The number of carbonyl (C=O) groups excluding carboxylic acids is 1. The number of thiophene rings is 1. The summed E-state index contributed by atoms with van der Waals surface area (Å²) in [6.45, 7) is 2.13. The van der Waals surface area contributed by atoms with Gasteiger partial charge in [-0.05, 0) is 30.7 Å². The number of nitriles is 1. The van der Waals surface area contributed by atoms with E-state index in [2.05, 4.69) is 23.4 Å². The lowest BCUT2D eigenvalue weighted by molar-refractivity contribution is -0.141. The molecule has 0 fully saturated rings. The topological polar surface area (TPSA) is 70.7 Å². The minimum Gasteiger partial charge on any atom is -0.311 e. The highest BCUT2D eigenvalue weighted by atomic mass is 32.1. The van der Waals surface area contributed by atoms with Crippen molar-refractivity contribution in [3.05, 3.63) is 33.5 Å². The maximum absolute atomic E-state index is 12.7. The third-order valence-corrected chi connectivity index (χ3v) is 5.42. The maximum atomic E-state index is 12.7. The van der Waals surface area contributed by atoms with Crippen molar-refractivity contribution in [3.63, 3.8) is 0 Å². The van der Waals surface area contributed by atoms with Gasteiger partial charge in [-0.15, -0.1) is 11.3 Å². The number of nitrogens with zero attached hydrogens (tertiary/aromatic N) is 3. The molecule has 0 spiro atoms. The van der Waals surface area contributed by atoms with Gasteiger partial charge in [-0.3, -0.25) is 9.48 Å². The number of aromatic nitrogens is 2. The van der Waals surface area contributed by atoms with E-state index in [0.29, 0.717) is 22.5 Å². The normalized spacial score (nSPS) is 17.0. The summed E-state index contributed by atoms with van der Waals surface area (Å²) in [5.74, 6) is -0.207. The molecule has 2 aromatic heterocycles. The van der Waals surface area contributed by atoms with Crippen molar-refractivity contribution in [2.45, 2.75) is 32.4 Å². The first-order valence-corrected chi connectivity index (χ1v) is 8.49. The highest BCUT2D eigenvalue weighted by Gasteiger charge is 2.35. The number of anilines is 1. The molecule has 1 aliphatic carbocycles. The molecule has 25 heavy (non-hydrogen) atoms. The number of hydrogen-bond acceptors (Lipinski definition) is 4. The predicted molar refractivity (Wildman–Crippen MR) is 86.4 cm³/mol. The van der Waals surface area contributed by atoms with E-state index < -0.39 is 17.8 Å². The van der Waals surface area contributed by atoms with Crippen LogP contribution in [-0.4, -0.2) is 15.7 Å². The Morgan fingerprint density at radius 2 is 2.24 bits per heavy atom. The first-order chi connectivity index (χ1) is 11.7. The number of fused-ring (bicyclic) bond motifs is 1. The average Bonchev–Trinajstić information content (AvgIpc) is 3.06. The molecule has 1 amide bonds. The monoisotopic (exact) mass is 368 g/mol. The van der Waals surface area contributed by atoms with E-state index in [9.17, 15) is 23.2 Å². The van der Waals surface area contributed by atoms with Gasteiger partial charge in [0.1, 0.15) is 16.8 Å². The maximum Gasteiger partial charge on any atom is 0.435 e. The number of hydrogen-bond donors (Lipinski definition) is 1. The van der Waals surface area contributed by atoms with Crippen LogP contribution < -0.4 is 5.32 Å². The lowest BCUT2D eigenvalue weighted by Crippen LogP contribution is -2.16. The van der Waals surface area contributed by atoms with E-state index in [0.717, 1.165) is 34.4 Å². The molecule has 1 atom stereocenters. The Kier molecular flexibility index (Phi) is 4.33. The highest BCUT2D eigenvalue weighted by molar-refractivity contribution is 7.16. The summed E-state index contributed by atoms with van der Waals surface area (Å²) in [5.41, 5.74) is 0.0243. The Balaban J connectivity index is 1.90. The highest BCUT2D eigenvalue weighted by Crippen LogP contribution is 2.39. The van der Waals surface area contributed by atoms with Crippen LogP contribution in [0.5, 0.6) is 0 Å². The van der Waals surface area contributed by atoms with Crippen LogP contribution in [0.1, 0.15) is 45.5 Å². The van der Waals surface area contributed by atoms with Gasteiger partial charge in [0, 0.05) is 18.0 Å². The van der Waals surface area contributed by atoms with Crippen molar-refractivity contribution >= 4 is 22.2 Å². The second-order valence-electron chi connectivity index (χ2n) is 6.16. The Hall–Kier alpha value is -2.34. The number of carbonyl (C=O) groups is 1. The van der Waals surface area contributed by atoms with Crippen molar-refractivity contribution in [1.29, 1.82) is 5.26 Å². The first kappa shape index (κ1) is 17.5. The molecule has 0 aromatic carbocycles. The first-order valence-electron chi connectivity index (χ1n) is 7.68. The summed E-state index contributed by atoms with van der Waals surface area (Å²) in [6.07, 6.45) is -2.03. The van der Waals surface area contributed by atoms with Crippen LogP contribution in [-0.2, 0) is 26.1 Å². The molecule has 0 saturated carbocycles. The van der Waals surface area contributed by atoms with Gasteiger partial charge < -0.3 is 5.32 Å². The lowest BCUT2D eigenvalue weighted by Gasteiger charge is -2.17. The van der Waals surface area contributed by atoms with E-state index in [1.54, 1.807) is 0 Å². The van der Waals surface area contributed by atoms with Crippen molar-refractivity contribution in [2.24, 2.45) is 13.0 Å². The van der Waals surface area contributed by atoms with Crippen LogP contribution >= 0.6 is 11.3 Å². The van der Waals surface area contributed by atoms with Gasteiger partial charge in [-0.1, -0.05) is 6.92 Å². The summed E-state index contributed by atoms with van der Waals surface area (Å²) in [4.78, 5) is 13.4. The third-order valence-electron chi connectivity index (χ3n) is 4.25. The van der Waals surface area contributed by atoms with E-state index >= 15 is 0 Å². The van der Waals surface area contributed by atoms with E-state index in [4.69, 9.17) is 0 Å². The van der Waals surface area contributed by atoms with Gasteiger partial charge in [0.15, 0.2) is 5.69 Å². The van der Waals surface area contributed by atoms with Gasteiger partial charge in [-0.25, -0.2) is 0 Å². The Labute approximate surface area is 146 Å². The molecule has 9 heteroatoms. The van der Waals surface area contributed by atoms with Crippen molar-refractivity contribution < 1.29 is 18.0 Å². The van der Waals surface area contributed by atoms with Crippen LogP contribution in [0.15, 0.2) is 6.07 Å². The summed E-state index contributed by atoms with van der Waals surface area (Å²) < 4.78 is 39.1. The molecular formula is C16H15F3N4OS. The fourth-order valence-corrected chi connectivity index (χ4v) is 4.30. The number of halogens is 3. The molecule has 0 saturated heterocycles. The van der Waals surface area contributed by atoms with Gasteiger partial charge in [0.25, 0.3) is 5.91 Å². The third kappa shape index (κ3) is 3.26. The van der Waals surface area contributed by atoms with Crippen LogP contribution in [0.25, 0.3) is 0 Å². The molecule has 0 unspecified atom stereocenters. The fourth-order valence-electron chi connectivity index (χ4n) is 2.94. The minimum atomic E-state index is -4.62. The zero-order valence-electron chi connectivity index (χ0n) is 13.6. The minimum absolute atomic E-state index is 0.212. The fraction of sp³-hybridized carbons (Fsp3) is 0.438. The molecule has 3 rings (SSSR count). The molecule has 2 heterocycles. The molecule has 0 radical (unpaired) electrons. The Morgan fingerprint density at radius 3 is 2.84 bits per heavy atom. The number of amides is 1. The molecule has 0 aliphatic heterocycles. The van der Waals surface area contributed by atoms with Gasteiger partial charge >= 0.3 is 6.18 Å². The lowest BCUT2D eigenvalue weighted by atomic mass is 9.89. The second-order valence-corrected chi connectivity index (χ2v) is 7.26. The number of nitrogens with one attached hydrogen (secondary N) is 1. The molecular weight excluding hydrogens is 353 g/mol. The molecule has 0 bridgehead atoms. The van der Waals surface area contributed by atoms with E-state index in [1.807, 2.05) is 0 Å². The molecule has 1 N–H and O–H groups in total. The number of rotatable bonds is 2. The van der Waals surface area contributed by atoms with Gasteiger partial charge in [0.05, 0.1) is 5.56 Å². The predicted octanol–water partition coefficient (Wildman–Crippen LogP) is 3.75. The summed E-state index contributed by atoms with van der Waals surface area (Å²) >= 11 is 1.33. The smallest absolute Gasteiger partial charge is 0.311 e. The second kappa shape index (κ2) is 6.19. The summed E-state index contributed by atoms with van der Waals surface area (Å²) in [7, 11) is 1.27. The van der Waals surface area contributed by atoms with Crippen molar-refractivity contribution in [3.8, 4) is 6.07 Å². The zero-order valence-corrected chi connectivity index (χ0v) is 14.4. The quantitative estimate of drug-likeness (QED) is 0.878. The van der Waals surface area contributed by atoms with Crippen LogP contribution in [0.2, 0.25) is 0 Å². The summed E-state index contributed by atoms with van der Waals surface area (Å²) in [5, 5.41) is 15.7. The molecule has 2 aromatic rings. The molecule has 132 valence electrons. The number of aryl methyl sites for hydroxylation is 1. The van der Waals surface area contributed by atoms with Crippen LogP contribution in [0, 0.1) is 17.2 Å². The standard InChI is InChI=1S/C16H15F3N4OS/c1-8-3-4-9-10(7-20)15(25-12(9)5-8)21-14(24)11-6-13(16(17,18)19)22-23(11)2/h6,8H,3-5H2,1-2H3,(H,21,24)/t8-/m1/s1. The summed E-state index contributed by atoms with van der Waals surface area (Å²) in [6, 6.07) is 2.82.